The molecule has 0 radical (unpaired) electrons. The van der Waals surface area contributed by atoms with Crippen molar-refractivity contribution in [3.05, 3.63) is 29.8 Å². The minimum absolute atomic E-state index is 0. The molecule has 1 aromatic carbocycles. The number of amides is 1. The molecule has 1 atom stereocenters. The molecule has 0 spiro atoms. The van der Waals surface area contributed by atoms with E-state index in [0.717, 1.165) is 18.5 Å². The van der Waals surface area contributed by atoms with Gasteiger partial charge in [0.25, 0.3) is 0 Å². The second-order valence-corrected chi connectivity index (χ2v) is 5.67. The van der Waals surface area contributed by atoms with E-state index in [9.17, 15) is 13.6 Å². The Labute approximate surface area is 135 Å². The lowest BCUT2D eigenvalue weighted by atomic mass is 9.88. The summed E-state index contributed by atoms with van der Waals surface area (Å²) in [6, 6.07) is 6.35. The number of rotatable bonds is 5. The van der Waals surface area contributed by atoms with Crippen LogP contribution in [-0.2, 0) is 11.3 Å². The molecule has 22 heavy (non-hydrogen) atoms. The molecule has 1 amide bonds. The third kappa shape index (κ3) is 4.55. The molecule has 1 aliphatic heterocycles. The van der Waals surface area contributed by atoms with E-state index in [1.54, 1.807) is 24.1 Å². The van der Waals surface area contributed by atoms with Crippen LogP contribution in [0.15, 0.2) is 24.3 Å². The van der Waals surface area contributed by atoms with Crippen molar-refractivity contribution in [1.29, 1.82) is 0 Å². The maximum Gasteiger partial charge on any atom is 0.387 e. The number of nitrogens with one attached hydrogen (secondary N) is 1. The van der Waals surface area contributed by atoms with Crippen molar-refractivity contribution >= 4 is 18.3 Å². The van der Waals surface area contributed by atoms with Crippen LogP contribution in [0, 0.1) is 5.41 Å². The Balaban J connectivity index is 0.00000242. The topological polar surface area (TPSA) is 41.6 Å². The van der Waals surface area contributed by atoms with Crippen molar-refractivity contribution in [1.82, 2.24) is 10.2 Å². The van der Waals surface area contributed by atoms with Gasteiger partial charge in [-0.1, -0.05) is 12.1 Å². The number of alkyl halides is 2. The van der Waals surface area contributed by atoms with Gasteiger partial charge in [-0.25, -0.2) is 0 Å². The van der Waals surface area contributed by atoms with Crippen LogP contribution in [0.25, 0.3) is 0 Å². The van der Waals surface area contributed by atoms with Crippen molar-refractivity contribution in [2.24, 2.45) is 5.41 Å². The first-order valence-electron chi connectivity index (χ1n) is 6.91. The molecule has 1 fully saturated rings. The van der Waals surface area contributed by atoms with Gasteiger partial charge in [0.15, 0.2) is 0 Å². The summed E-state index contributed by atoms with van der Waals surface area (Å²) in [6.07, 6.45) is 0.831. The number of hydrogen-bond donors (Lipinski definition) is 1. The van der Waals surface area contributed by atoms with Gasteiger partial charge in [0.1, 0.15) is 5.75 Å². The first-order valence-corrected chi connectivity index (χ1v) is 6.91. The number of carbonyl (C=O) groups is 1. The Bertz CT molecular complexity index is 491. The SMILES string of the molecule is CN(Cc1ccc(OC(F)F)cc1)C(=O)C1(C)CCNC1.Cl. The van der Waals surface area contributed by atoms with Gasteiger partial charge in [-0.15, -0.1) is 12.4 Å². The smallest absolute Gasteiger partial charge is 0.387 e. The maximum absolute atomic E-state index is 12.4. The average Bonchev–Trinajstić information content (AvgIpc) is 2.87. The largest absolute Gasteiger partial charge is 0.435 e. The highest BCUT2D eigenvalue weighted by atomic mass is 35.5. The zero-order valence-corrected chi connectivity index (χ0v) is 13.5. The lowest BCUT2D eigenvalue weighted by Crippen LogP contribution is -2.41. The third-order valence-electron chi connectivity index (χ3n) is 3.80. The van der Waals surface area contributed by atoms with Crippen LogP contribution in [0.3, 0.4) is 0 Å². The number of nitrogens with zero attached hydrogens (tertiary/aromatic N) is 1. The van der Waals surface area contributed by atoms with E-state index < -0.39 is 6.61 Å². The summed E-state index contributed by atoms with van der Waals surface area (Å²) in [7, 11) is 1.76. The van der Waals surface area contributed by atoms with Gasteiger partial charge in [-0.05, 0) is 37.6 Å². The van der Waals surface area contributed by atoms with Crippen LogP contribution in [-0.4, -0.2) is 37.6 Å². The maximum atomic E-state index is 12.4. The molecule has 0 aliphatic carbocycles. The summed E-state index contributed by atoms with van der Waals surface area (Å²) in [5.74, 6) is 0.218. The zero-order chi connectivity index (χ0) is 15.5. The molecular weight excluding hydrogens is 314 g/mol. The van der Waals surface area contributed by atoms with E-state index in [4.69, 9.17) is 0 Å². The second-order valence-electron chi connectivity index (χ2n) is 5.67. The molecule has 0 bridgehead atoms. The molecule has 1 aliphatic rings. The first kappa shape index (κ1) is 18.6. The second kappa shape index (κ2) is 7.74. The van der Waals surface area contributed by atoms with E-state index in [2.05, 4.69) is 10.1 Å². The molecule has 1 N–H and O–H groups in total. The number of carbonyl (C=O) groups excluding carboxylic acids is 1. The number of hydrogen-bond acceptors (Lipinski definition) is 3. The molecule has 0 aromatic heterocycles. The number of benzene rings is 1. The highest BCUT2D eigenvalue weighted by Crippen LogP contribution is 2.27. The van der Waals surface area contributed by atoms with Crippen LogP contribution >= 0.6 is 12.4 Å². The minimum atomic E-state index is -2.82. The molecule has 4 nitrogen and oxygen atoms in total. The van der Waals surface area contributed by atoms with Crippen molar-refractivity contribution in [3.63, 3.8) is 0 Å². The zero-order valence-electron chi connectivity index (χ0n) is 12.6. The molecule has 2 rings (SSSR count). The molecule has 0 saturated carbocycles. The highest BCUT2D eigenvalue weighted by molar-refractivity contribution is 5.85. The van der Waals surface area contributed by atoms with Gasteiger partial charge >= 0.3 is 6.61 Å². The molecule has 1 aromatic rings. The Morgan fingerprint density at radius 3 is 2.55 bits per heavy atom. The Hall–Kier alpha value is -1.40. The summed E-state index contributed by atoms with van der Waals surface area (Å²) in [5.41, 5.74) is 0.523. The van der Waals surface area contributed by atoms with E-state index >= 15 is 0 Å². The van der Waals surface area contributed by atoms with Gasteiger partial charge in [-0.3, -0.25) is 4.79 Å². The van der Waals surface area contributed by atoms with Crippen molar-refractivity contribution in [2.75, 3.05) is 20.1 Å². The Morgan fingerprint density at radius 1 is 1.41 bits per heavy atom. The fourth-order valence-corrected chi connectivity index (χ4v) is 2.58. The van der Waals surface area contributed by atoms with Gasteiger partial charge < -0.3 is 15.0 Å². The van der Waals surface area contributed by atoms with Gasteiger partial charge in [0.05, 0.1) is 5.41 Å². The van der Waals surface area contributed by atoms with Crippen LogP contribution in [0.2, 0.25) is 0 Å². The summed E-state index contributed by atoms with van der Waals surface area (Å²) >= 11 is 0. The van der Waals surface area contributed by atoms with Crippen LogP contribution in [0.4, 0.5) is 8.78 Å². The predicted molar refractivity (Wildman–Crippen MR) is 82.4 cm³/mol. The molecule has 124 valence electrons. The fraction of sp³-hybridized carbons (Fsp3) is 0.533. The molecule has 1 unspecified atom stereocenters. The molecule has 1 heterocycles. The van der Waals surface area contributed by atoms with Crippen LogP contribution < -0.4 is 10.1 Å². The first-order chi connectivity index (χ1) is 9.90. The summed E-state index contributed by atoms with van der Waals surface area (Å²) < 4.78 is 28.4. The monoisotopic (exact) mass is 334 g/mol. The number of halogens is 3. The highest BCUT2D eigenvalue weighted by Gasteiger charge is 2.38. The third-order valence-corrected chi connectivity index (χ3v) is 3.80. The summed E-state index contributed by atoms with van der Waals surface area (Å²) in [4.78, 5) is 14.1. The van der Waals surface area contributed by atoms with Crippen LogP contribution in [0.5, 0.6) is 5.75 Å². The van der Waals surface area contributed by atoms with Crippen molar-refractivity contribution in [2.45, 2.75) is 26.5 Å². The predicted octanol–water partition coefficient (Wildman–Crippen LogP) is 2.67. The molecular formula is C15H21ClF2N2O2. The Morgan fingerprint density at radius 2 is 2.05 bits per heavy atom. The molecule has 7 heteroatoms. The molecule has 1 saturated heterocycles. The van der Waals surface area contributed by atoms with Gasteiger partial charge in [0, 0.05) is 20.1 Å². The van der Waals surface area contributed by atoms with E-state index in [-0.39, 0.29) is 29.5 Å². The quantitative estimate of drug-likeness (QED) is 0.900. The van der Waals surface area contributed by atoms with Crippen LogP contribution in [0.1, 0.15) is 18.9 Å². The number of ether oxygens (including phenoxy) is 1. The van der Waals surface area contributed by atoms with Crippen molar-refractivity contribution < 1.29 is 18.3 Å². The standard InChI is InChI=1S/C15H20F2N2O2.ClH/c1-15(7-8-18-10-15)13(20)19(2)9-11-3-5-12(6-4-11)21-14(16)17;/h3-6,14,18H,7-10H2,1-2H3;1H. The van der Waals surface area contributed by atoms with E-state index in [1.807, 2.05) is 6.92 Å². The Kier molecular flexibility index (Phi) is 6.56. The van der Waals surface area contributed by atoms with Crippen molar-refractivity contribution in [3.8, 4) is 5.75 Å². The summed E-state index contributed by atoms with van der Waals surface area (Å²) in [5, 5.41) is 3.20. The fourth-order valence-electron chi connectivity index (χ4n) is 2.58. The van der Waals surface area contributed by atoms with Gasteiger partial charge in [0.2, 0.25) is 5.91 Å². The normalized spacial score (nSPS) is 20.6. The lowest BCUT2D eigenvalue weighted by molar-refractivity contribution is -0.139. The average molecular weight is 335 g/mol. The summed E-state index contributed by atoms with van der Waals surface area (Å²) in [6.45, 7) is 1.14. The lowest BCUT2D eigenvalue weighted by Gasteiger charge is -2.28. The minimum Gasteiger partial charge on any atom is -0.435 e. The van der Waals surface area contributed by atoms with E-state index in [0.29, 0.717) is 13.1 Å². The van der Waals surface area contributed by atoms with E-state index in [1.165, 1.54) is 12.1 Å². The van der Waals surface area contributed by atoms with Gasteiger partial charge in [-0.2, -0.15) is 8.78 Å².